The second kappa shape index (κ2) is 9.65. The predicted octanol–water partition coefficient (Wildman–Crippen LogP) is 2.84. The SMILES string of the molecule is CC(C(=O)Nc1ccc(CCN2CCOCC2)cc1)C(N)c1ccccc1. The Bertz CT molecular complexity index is 712. The molecule has 27 heavy (non-hydrogen) atoms. The molecule has 5 heteroatoms. The first-order valence-electron chi connectivity index (χ1n) is 9.64. The summed E-state index contributed by atoms with van der Waals surface area (Å²) in [5, 5.41) is 2.98. The molecule has 2 unspecified atom stereocenters. The molecule has 2 aromatic carbocycles. The molecule has 1 saturated heterocycles. The number of ether oxygens (including phenoxy) is 1. The van der Waals surface area contributed by atoms with E-state index in [1.54, 1.807) is 0 Å². The minimum absolute atomic E-state index is 0.0626. The zero-order valence-corrected chi connectivity index (χ0v) is 15.9. The molecule has 0 spiro atoms. The molecule has 0 radical (unpaired) electrons. The molecule has 144 valence electrons. The molecular formula is C22H29N3O2. The van der Waals surface area contributed by atoms with E-state index in [-0.39, 0.29) is 17.9 Å². The van der Waals surface area contributed by atoms with Gasteiger partial charge in [0.1, 0.15) is 0 Å². The second-order valence-corrected chi connectivity index (χ2v) is 7.12. The third kappa shape index (κ3) is 5.63. The quantitative estimate of drug-likeness (QED) is 0.790. The summed E-state index contributed by atoms with van der Waals surface area (Å²) in [5.74, 6) is -0.374. The summed E-state index contributed by atoms with van der Waals surface area (Å²) in [7, 11) is 0. The van der Waals surface area contributed by atoms with E-state index in [9.17, 15) is 4.79 Å². The number of anilines is 1. The van der Waals surface area contributed by atoms with Crippen LogP contribution in [-0.2, 0) is 16.0 Å². The lowest BCUT2D eigenvalue weighted by molar-refractivity contribution is -0.120. The molecule has 1 amide bonds. The monoisotopic (exact) mass is 367 g/mol. The van der Waals surface area contributed by atoms with E-state index < -0.39 is 0 Å². The highest BCUT2D eigenvalue weighted by molar-refractivity contribution is 5.92. The van der Waals surface area contributed by atoms with Crippen molar-refractivity contribution in [1.29, 1.82) is 0 Å². The Morgan fingerprint density at radius 3 is 2.44 bits per heavy atom. The van der Waals surface area contributed by atoms with Crippen molar-refractivity contribution >= 4 is 11.6 Å². The van der Waals surface area contributed by atoms with Crippen molar-refractivity contribution in [3.8, 4) is 0 Å². The summed E-state index contributed by atoms with van der Waals surface area (Å²) in [6, 6.07) is 17.5. The molecule has 1 heterocycles. The highest BCUT2D eigenvalue weighted by Gasteiger charge is 2.22. The van der Waals surface area contributed by atoms with E-state index in [2.05, 4.69) is 22.3 Å². The van der Waals surface area contributed by atoms with E-state index in [1.165, 1.54) is 5.56 Å². The Kier molecular flexibility index (Phi) is 6.98. The van der Waals surface area contributed by atoms with Gasteiger partial charge in [-0.15, -0.1) is 0 Å². The highest BCUT2D eigenvalue weighted by Crippen LogP contribution is 2.21. The lowest BCUT2D eigenvalue weighted by atomic mass is 9.94. The lowest BCUT2D eigenvalue weighted by Gasteiger charge is -2.26. The number of hydrogen-bond donors (Lipinski definition) is 2. The zero-order chi connectivity index (χ0) is 19.1. The Labute approximate surface area is 161 Å². The number of nitrogens with one attached hydrogen (secondary N) is 1. The zero-order valence-electron chi connectivity index (χ0n) is 15.9. The summed E-state index contributed by atoms with van der Waals surface area (Å²) in [6.07, 6.45) is 1.00. The molecule has 1 aliphatic heterocycles. The van der Waals surface area contributed by atoms with Crippen molar-refractivity contribution in [2.24, 2.45) is 11.7 Å². The molecule has 0 saturated carbocycles. The first-order chi connectivity index (χ1) is 13.1. The Hall–Kier alpha value is -2.21. The fourth-order valence-electron chi connectivity index (χ4n) is 3.25. The number of carbonyl (C=O) groups is 1. The van der Waals surface area contributed by atoms with Crippen molar-refractivity contribution in [3.63, 3.8) is 0 Å². The number of benzene rings is 2. The fraction of sp³-hybridized carbons (Fsp3) is 0.409. The summed E-state index contributed by atoms with van der Waals surface area (Å²) in [6.45, 7) is 6.58. The van der Waals surface area contributed by atoms with Crippen LogP contribution in [0, 0.1) is 5.92 Å². The minimum atomic E-state index is -0.320. The van der Waals surface area contributed by atoms with Crippen LogP contribution in [0.4, 0.5) is 5.69 Å². The van der Waals surface area contributed by atoms with Crippen LogP contribution >= 0.6 is 0 Å². The smallest absolute Gasteiger partial charge is 0.229 e. The molecule has 0 bridgehead atoms. The number of amides is 1. The molecule has 2 atom stereocenters. The van der Waals surface area contributed by atoms with Gasteiger partial charge in [-0.1, -0.05) is 49.4 Å². The van der Waals surface area contributed by atoms with Gasteiger partial charge in [-0.2, -0.15) is 0 Å². The van der Waals surface area contributed by atoms with Crippen molar-refractivity contribution in [2.75, 3.05) is 38.2 Å². The van der Waals surface area contributed by atoms with Crippen LogP contribution in [0.3, 0.4) is 0 Å². The Balaban J connectivity index is 1.50. The molecule has 0 aromatic heterocycles. The fourth-order valence-corrected chi connectivity index (χ4v) is 3.25. The molecule has 3 rings (SSSR count). The maximum atomic E-state index is 12.5. The predicted molar refractivity (Wildman–Crippen MR) is 109 cm³/mol. The maximum absolute atomic E-state index is 12.5. The van der Waals surface area contributed by atoms with Crippen molar-refractivity contribution in [1.82, 2.24) is 4.90 Å². The van der Waals surface area contributed by atoms with Crippen molar-refractivity contribution in [2.45, 2.75) is 19.4 Å². The summed E-state index contributed by atoms with van der Waals surface area (Å²) in [5.41, 5.74) is 9.30. The average Bonchev–Trinajstić information content (AvgIpc) is 2.73. The molecule has 1 fully saturated rings. The van der Waals surface area contributed by atoms with Gasteiger partial charge in [0.05, 0.1) is 19.1 Å². The van der Waals surface area contributed by atoms with E-state index in [4.69, 9.17) is 10.5 Å². The van der Waals surface area contributed by atoms with Crippen LogP contribution in [0.2, 0.25) is 0 Å². The highest BCUT2D eigenvalue weighted by atomic mass is 16.5. The van der Waals surface area contributed by atoms with E-state index in [1.807, 2.05) is 49.4 Å². The molecule has 2 aromatic rings. The topological polar surface area (TPSA) is 67.6 Å². The molecule has 5 nitrogen and oxygen atoms in total. The van der Waals surface area contributed by atoms with Gasteiger partial charge in [0.2, 0.25) is 5.91 Å². The van der Waals surface area contributed by atoms with Crippen LogP contribution in [0.15, 0.2) is 54.6 Å². The number of nitrogens with two attached hydrogens (primary N) is 1. The van der Waals surface area contributed by atoms with Crippen LogP contribution in [0.25, 0.3) is 0 Å². The first-order valence-corrected chi connectivity index (χ1v) is 9.64. The van der Waals surface area contributed by atoms with Gasteiger partial charge in [-0.25, -0.2) is 0 Å². The Morgan fingerprint density at radius 1 is 1.11 bits per heavy atom. The molecule has 3 N–H and O–H groups in total. The molecular weight excluding hydrogens is 338 g/mol. The number of carbonyl (C=O) groups excluding carboxylic acids is 1. The van der Waals surface area contributed by atoms with Gasteiger partial charge in [0.25, 0.3) is 0 Å². The van der Waals surface area contributed by atoms with Crippen LogP contribution < -0.4 is 11.1 Å². The van der Waals surface area contributed by atoms with Gasteiger partial charge < -0.3 is 15.8 Å². The van der Waals surface area contributed by atoms with Gasteiger partial charge in [0.15, 0.2) is 0 Å². The lowest BCUT2D eigenvalue weighted by Crippen LogP contribution is -2.37. The normalized spacial score (nSPS) is 17.3. The van der Waals surface area contributed by atoms with Gasteiger partial charge in [0, 0.05) is 31.4 Å². The van der Waals surface area contributed by atoms with Crippen LogP contribution in [0.1, 0.15) is 24.1 Å². The summed E-state index contributed by atoms with van der Waals surface area (Å²) < 4.78 is 5.38. The van der Waals surface area contributed by atoms with Crippen LogP contribution in [0.5, 0.6) is 0 Å². The summed E-state index contributed by atoms with van der Waals surface area (Å²) in [4.78, 5) is 15.0. The van der Waals surface area contributed by atoms with E-state index in [0.29, 0.717) is 0 Å². The average molecular weight is 367 g/mol. The summed E-state index contributed by atoms with van der Waals surface area (Å²) >= 11 is 0. The van der Waals surface area contributed by atoms with Crippen molar-refractivity contribution in [3.05, 3.63) is 65.7 Å². The maximum Gasteiger partial charge on any atom is 0.229 e. The minimum Gasteiger partial charge on any atom is -0.379 e. The number of hydrogen-bond acceptors (Lipinski definition) is 4. The molecule has 1 aliphatic rings. The van der Waals surface area contributed by atoms with Gasteiger partial charge >= 0.3 is 0 Å². The second-order valence-electron chi connectivity index (χ2n) is 7.12. The third-order valence-electron chi connectivity index (χ3n) is 5.18. The first kappa shape index (κ1) is 19.5. The Morgan fingerprint density at radius 2 is 1.78 bits per heavy atom. The van der Waals surface area contributed by atoms with Crippen LogP contribution in [-0.4, -0.2) is 43.7 Å². The number of rotatable bonds is 7. The standard InChI is InChI=1S/C22H29N3O2/c1-17(21(23)19-5-3-2-4-6-19)22(26)24-20-9-7-18(8-10-20)11-12-25-13-15-27-16-14-25/h2-10,17,21H,11-16,23H2,1H3,(H,24,26). The van der Waals surface area contributed by atoms with Gasteiger partial charge in [-0.3, -0.25) is 9.69 Å². The van der Waals surface area contributed by atoms with Crippen molar-refractivity contribution < 1.29 is 9.53 Å². The van der Waals surface area contributed by atoms with Gasteiger partial charge in [-0.05, 0) is 29.7 Å². The van der Waals surface area contributed by atoms with E-state index in [0.717, 1.165) is 50.5 Å². The molecule has 0 aliphatic carbocycles. The van der Waals surface area contributed by atoms with E-state index >= 15 is 0 Å². The third-order valence-corrected chi connectivity index (χ3v) is 5.18. The largest absolute Gasteiger partial charge is 0.379 e. The number of nitrogens with zero attached hydrogens (tertiary/aromatic N) is 1. The number of morpholine rings is 1.